The normalized spacial score (nSPS) is 15.5. The van der Waals surface area contributed by atoms with Crippen LogP contribution in [0.3, 0.4) is 0 Å². The van der Waals surface area contributed by atoms with E-state index < -0.39 is 12.0 Å². The summed E-state index contributed by atoms with van der Waals surface area (Å²) in [5, 5.41) is 1.93. The van der Waals surface area contributed by atoms with Gasteiger partial charge < -0.3 is 9.47 Å². The van der Waals surface area contributed by atoms with Crippen LogP contribution in [0.25, 0.3) is 6.08 Å². The Kier molecular flexibility index (Phi) is 6.48. The third-order valence-electron chi connectivity index (χ3n) is 5.69. The molecule has 3 heterocycles. The minimum absolute atomic E-state index is 0.145. The summed E-state index contributed by atoms with van der Waals surface area (Å²) in [4.78, 5) is 33.0. The minimum atomic E-state index is -0.602. The van der Waals surface area contributed by atoms with Crippen LogP contribution in [-0.4, -0.2) is 17.6 Å². The van der Waals surface area contributed by atoms with Crippen LogP contribution in [-0.2, 0) is 16.1 Å². The van der Waals surface area contributed by atoms with Gasteiger partial charge in [0, 0.05) is 10.4 Å². The summed E-state index contributed by atoms with van der Waals surface area (Å²) in [6.45, 7) is 1.93. The lowest BCUT2D eigenvalue weighted by Crippen LogP contribution is -2.39. The van der Waals surface area contributed by atoms with Crippen molar-refractivity contribution < 1.29 is 14.3 Å². The zero-order valence-electron chi connectivity index (χ0n) is 19.1. The standard InChI is InChI=1S/C27H22N2O4S2/c1-17-23(26(31)33-16-18-9-4-3-5-10-18)24(21-13-8-14-34-21)29-25(30)22(35-27(29)28-17)15-19-11-6-7-12-20(19)32-2/h3-15,24H,16H2,1-2H3/b22-15-/t24-/m0/s1. The van der Waals surface area contributed by atoms with Gasteiger partial charge in [-0.2, -0.15) is 0 Å². The largest absolute Gasteiger partial charge is 0.496 e. The number of hydrogen-bond donors (Lipinski definition) is 0. The summed E-state index contributed by atoms with van der Waals surface area (Å²) >= 11 is 2.79. The molecule has 0 saturated carbocycles. The predicted molar refractivity (Wildman–Crippen MR) is 137 cm³/mol. The van der Waals surface area contributed by atoms with E-state index in [9.17, 15) is 9.59 Å². The number of thiophene rings is 1. The molecule has 0 fully saturated rings. The highest BCUT2D eigenvalue weighted by molar-refractivity contribution is 7.10. The van der Waals surface area contributed by atoms with Gasteiger partial charge in [-0.1, -0.05) is 65.9 Å². The highest BCUT2D eigenvalue weighted by atomic mass is 32.1. The first-order valence-corrected chi connectivity index (χ1v) is 12.7. The fourth-order valence-electron chi connectivity index (χ4n) is 4.03. The monoisotopic (exact) mass is 502 g/mol. The second kappa shape index (κ2) is 9.85. The van der Waals surface area contributed by atoms with E-state index in [-0.39, 0.29) is 12.2 Å². The Bertz CT molecular complexity index is 1580. The maximum atomic E-state index is 13.6. The molecule has 0 unspecified atom stereocenters. The number of thiazole rings is 1. The second-order valence-corrected chi connectivity index (χ2v) is 9.89. The third kappa shape index (κ3) is 4.50. The van der Waals surface area contributed by atoms with Gasteiger partial charge in [0.25, 0.3) is 5.56 Å². The van der Waals surface area contributed by atoms with Gasteiger partial charge in [-0.3, -0.25) is 9.36 Å². The van der Waals surface area contributed by atoms with Crippen LogP contribution in [0.1, 0.15) is 29.0 Å². The van der Waals surface area contributed by atoms with Crippen molar-refractivity contribution >= 4 is 34.7 Å². The van der Waals surface area contributed by atoms with Crippen molar-refractivity contribution in [2.75, 3.05) is 7.11 Å². The molecule has 5 rings (SSSR count). The van der Waals surface area contributed by atoms with Crippen molar-refractivity contribution in [1.29, 1.82) is 0 Å². The van der Waals surface area contributed by atoms with Gasteiger partial charge in [-0.25, -0.2) is 9.79 Å². The van der Waals surface area contributed by atoms with Crippen molar-refractivity contribution in [3.63, 3.8) is 0 Å². The van der Waals surface area contributed by atoms with E-state index in [1.165, 1.54) is 22.7 Å². The average molecular weight is 503 g/mol. The van der Waals surface area contributed by atoms with E-state index in [0.717, 1.165) is 16.0 Å². The van der Waals surface area contributed by atoms with E-state index in [4.69, 9.17) is 9.47 Å². The van der Waals surface area contributed by atoms with Gasteiger partial charge in [0.05, 0.1) is 22.9 Å². The molecular weight excluding hydrogens is 480 g/mol. The molecule has 35 heavy (non-hydrogen) atoms. The number of ether oxygens (including phenoxy) is 2. The Balaban J connectivity index is 1.60. The lowest BCUT2D eigenvalue weighted by Gasteiger charge is -2.23. The first-order chi connectivity index (χ1) is 17.1. The molecule has 2 aromatic heterocycles. The number of aromatic nitrogens is 1. The molecule has 0 bridgehead atoms. The Morgan fingerprint density at radius 3 is 2.60 bits per heavy atom. The first-order valence-electron chi connectivity index (χ1n) is 11.0. The number of benzene rings is 2. The summed E-state index contributed by atoms with van der Waals surface area (Å²) in [7, 11) is 1.60. The van der Waals surface area contributed by atoms with Gasteiger partial charge in [-0.05, 0) is 36.1 Å². The van der Waals surface area contributed by atoms with Gasteiger partial charge in [-0.15, -0.1) is 11.3 Å². The van der Waals surface area contributed by atoms with Crippen molar-refractivity contribution in [2.24, 2.45) is 4.99 Å². The Labute approximate surface area is 209 Å². The number of fused-ring (bicyclic) bond motifs is 1. The molecule has 4 aromatic rings. The molecule has 0 aliphatic carbocycles. The molecule has 1 aliphatic rings. The molecule has 0 N–H and O–H groups in total. The number of methoxy groups -OCH3 is 1. The van der Waals surface area contributed by atoms with Crippen LogP contribution in [0.5, 0.6) is 5.75 Å². The highest BCUT2D eigenvalue weighted by Crippen LogP contribution is 2.33. The van der Waals surface area contributed by atoms with Crippen LogP contribution in [0.4, 0.5) is 0 Å². The maximum absolute atomic E-state index is 13.6. The minimum Gasteiger partial charge on any atom is -0.496 e. The zero-order chi connectivity index (χ0) is 24.4. The number of hydrogen-bond acceptors (Lipinski definition) is 7. The van der Waals surface area contributed by atoms with Crippen LogP contribution in [0.2, 0.25) is 0 Å². The van der Waals surface area contributed by atoms with Crippen LogP contribution in [0, 0.1) is 0 Å². The van der Waals surface area contributed by atoms with Crippen LogP contribution < -0.4 is 19.6 Å². The summed E-state index contributed by atoms with van der Waals surface area (Å²) in [5.74, 6) is 0.196. The smallest absolute Gasteiger partial charge is 0.338 e. The number of nitrogens with zero attached hydrogens (tertiary/aromatic N) is 2. The average Bonchev–Trinajstić information content (AvgIpc) is 3.51. The number of esters is 1. The molecule has 176 valence electrons. The second-order valence-electron chi connectivity index (χ2n) is 7.90. The van der Waals surface area contributed by atoms with E-state index in [2.05, 4.69) is 4.99 Å². The summed E-state index contributed by atoms with van der Waals surface area (Å²) < 4.78 is 13.2. The number of allylic oxidation sites excluding steroid dienone is 1. The van der Waals surface area contributed by atoms with Gasteiger partial charge in [0.2, 0.25) is 0 Å². The van der Waals surface area contributed by atoms with Crippen molar-refractivity contribution in [2.45, 2.75) is 19.6 Å². The Morgan fingerprint density at radius 2 is 1.86 bits per heavy atom. The molecule has 0 radical (unpaired) electrons. The predicted octanol–water partition coefficient (Wildman–Crippen LogP) is 4.05. The highest BCUT2D eigenvalue weighted by Gasteiger charge is 2.34. The number of carbonyl (C=O) groups excluding carboxylic acids is 1. The summed E-state index contributed by atoms with van der Waals surface area (Å²) in [5.41, 5.74) is 2.40. The molecule has 1 atom stereocenters. The topological polar surface area (TPSA) is 69.9 Å². The zero-order valence-corrected chi connectivity index (χ0v) is 20.8. The van der Waals surface area contributed by atoms with E-state index >= 15 is 0 Å². The van der Waals surface area contributed by atoms with Crippen molar-refractivity contribution in [3.8, 4) is 5.75 Å². The van der Waals surface area contributed by atoms with Crippen LogP contribution in [0.15, 0.2) is 93.2 Å². The lowest BCUT2D eigenvalue weighted by molar-refractivity contribution is -0.140. The Morgan fingerprint density at radius 1 is 1.09 bits per heavy atom. The molecule has 2 aromatic carbocycles. The third-order valence-corrected chi connectivity index (χ3v) is 7.60. The fraction of sp³-hybridized carbons (Fsp3) is 0.148. The molecular formula is C27H22N2O4S2. The number of carbonyl (C=O) groups is 1. The maximum Gasteiger partial charge on any atom is 0.338 e. The van der Waals surface area contributed by atoms with Crippen molar-refractivity contribution in [1.82, 2.24) is 4.57 Å². The van der Waals surface area contributed by atoms with E-state index in [1.807, 2.05) is 72.1 Å². The summed E-state index contributed by atoms with van der Waals surface area (Å²) in [6.07, 6.45) is 1.81. The van der Waals surface area contributed by atoms with E-state index in [1.54, 1.807) is 24.7 Å². The molecule has 1 aliphatic heterocycles. The quantitative estimate of drug-likeness (QED) is 0.373. The van der Waals surface area contributed by atoms with Crippen molar-refractivity contribution in [3.05, 3.63) is 119 Å². The fourth-order valence-corrected chi connectivity index (χ4v) is 5.89. The molecule has 0 saturated heterocycles. The molecule has 8 heteroatoms. The van der Waals surface area contributed by atoms with E-state index in [0.29, 0.717) is 26.4 Å². The van der Waals surface area contributed by atoms with Gasteiger partial charge in [0.1, 0.15) is 18.4 Å². The first kappa shape index (κ1) is 23.0. The SMILES string of the molecule is COc1ccccc1/C=c1\sc2n(c1=O)[C@@H](c1cccs1)C(C(=O)OCc1ccccc1)=C(C)N=2. The molecule has 6 nitrogen and oxygen atoms in total. The van der Waals surface area contributed by atoms with Crippen LogP contribution >= 0.6 is 22.7 Å². The molecule has 0 spiro atoms. The molecule has 0 amide bonds. The van der Waals surface area contributed by atoms with Gasteiger partial charge >= 0.3 is 5.97 Å². The Hall–Kier alpha value is -3.75. The number of rotatable bonds is 6. The summed E-state index contributed by atoms with van der Waals surface area (Å²) in [6, 6.07) is 20.3. The lowest BCUT2D eigenvalue weighted by atomic mass is 10.0. The number of para-hydroxylation sites is 1. The van der Waals surface area contributed by atoms with Gasteiger partial charge in [0.15, 0.2) is 4.80 Å².